The number of hydrogen-bond donors (Lipinski definition) is 2. The van der Waals surface area contributed by atoms with Gasteiger partial charge in [0.25, 0.3) is 5.91 Å². The van der Waals surface area contributed by atoms with Crippen LogP contribution in [0.25, 0.3) is 10.9 Å². The van der Waals surface area contributed by atoms with Crippen LogP contribution in [0, 0.1) is 26.6 Å². The molecule has 1 aromatic heterocycles. The average Bonchev–Trinajstić information content (AvgIpc) is 2.66. The van der Waals surface area contributed by atoms with Gasteiger partial charge >= 0.3 is 0 Å². The van der Waals surface area contributed by atoms with Gasteiger partial charge in [-0.1, -0.05) is 23.4 Å². The molecule has 0 atom stereocenters. The third kappa shape index (κ3) is 4.67. The smallest absolute Gasteiger partial charge is 0.269 e. The van der Waals surface area contributed by atoms with Crippen molar-refractivity contribution < 1.29 is 14.0 Å². The molecule has 1 heterocycles. The lowest BCUT2D eigenvalue weighted by Crippen LogP contribution is -2.42. The van der Waals surface area contributed by atoms with Gasteiger partial charge in [0.1, 0.15) is 5.82 Å². The molecule has 2 N–H and O–H groups in total. The minimum absolute atomic E-state index is 0.104. The van der Waals surface area contributed by atoms with Crippen LogP contribution in [0.5, 0.6) is 0 Å². The minimum Gasteiger partial charge on any atom is -0.272 e. The van der Waals surface area contributed by atoms with Crippen molar-refractivity contribution in [3.05, 3.63) is 70.5 Å². The van der Waals surface area contributed by atoms with Crippen molar-refractivity contribution in [3.63, 3.8) is 0 Å². The van der Waals surface area contributed by atoms with Crippen molar-refractivity contribution in [2.75, 3.05) is 5.75 Å². The van der Waals surface area contributed by atoms with Crippen LogP contribution in [0.1, 0.15) is 27.0 Å². The van der Waals surface area contributed by atoms with Gasteiger partial charge < -0.3 is 0 Å². The molecule has 0 radical (unpaired) electrons. The van der Waals surface area contributed by atoms with Crippen molar-refractivity contribution in [1.29, 1.82) is 0 Å². The summed E-state index contributed by atoms with van der Waals surface area (Å²) in [7, 11) is 0. The monoisotopic (exact) mass is 397 g/mol. The second-order valence-electron chi connectivity index (χ2n) is 6.55. The lowest BCUT2D eigenvalue weighted by Gasteiger charge is -2.10. The molecule has 0 bridgehead atoms. The quantitative estimate of drug-likeness (QED) is 0.518. The second kappa shape index (κ2) is 8.39. The first-order valence-corrected chi connectivity index (χ1v) is 9.68. The molecular weight excluding hydrogens is 377 g/mol. The van der Waals surface area contributed by atoms with Gasteiger partial charge in [0.2, 0.25) is 5.91 Å². The summed E-state index contributed by atoms with van der Waals surface area (Å²) in [5.74, 6) is -1.20. The van der Waals surface area contributed by atoms with Crippen molar-refractivity contribution in [3.8, 4) is 0 Å². The van der Waals surface area contributed by atoms with Gasteiger partial charge in [-0.15, -0.1) is 0 Å². The maximum Gasteiger partial charge on any atom is 0.269 e. The number of hydrazine groups is 1. The molecule has 5 nitrogen and oxygen atoms in total. The van der Waals surface area contributed by atoms with Crippen LogP contribution in [-0.2, 0) is 4.79 Å². The van der Waals surface area contributed by atoms with E-state index in [1.54, 1.807) is 0 Å². The number of nitrogens with zero attached hydrogens (tertiary/aromatic N) is 1. The number of thioether (sulfide) groups is 1. The highest BCUT2D eigenvalue weighted by molar-refractivity contribution is 7.99. The summed E-state index contributed by atoms with van der Waals surface area (Å²) < 4.78 is 12.9. The summed E-state index contributed by atoms with van der Waals surface area (Å²) in [6.07, 6.45) is 0. The Balaban J connectivity index is 1.60. The molecule has 0 fully saturated rings. The van der Waals surface area contributed by atoms with E-state index in [1.165, 1.54) is 41.6 Å². The maximum atomic E-state index is 12.9. The molecule has 2 amide bonds. The highest BCUT2D eigenvalue weighted by atomic mass is 32.2. The highest BCUT2D eigenvalue weighted by Gasteiger charge is 2.10. The Kier molecular flexibility index (Phi) is 5.94. The summed E-state index contributed by atoms with van der Waals surface area (Å²) in [6.45, 7) is 6.10. The van der Waals surface area contributed by atoms with E-state index in [0.717, 1.165) is 27.1 Å². The molecule has 7 heteroatoms. The summed E-state index contributed by atoms with van der Waals surface area (Å²) in [4.78, 5) is 28.6. The third-order valence-corrected chi connectivity index (χ3v) is 5.12. The van der Waals surface area contributed by atoms with Gasteiger partial charge in [-0.2, -0.15) is 0 Å². The Bertz CT molecular complexity index is 1050. The van der Waals surface area contributed by atoms with E-state index in [2.05, 4.69) is 34.9 Å². The first-order valence-electron chi connectivity index (χ1n) is 8.69. The Morgan fingerprint density at radius 3 is 2.43 bits per heavy atom. The number of pyridine rings is 1. The van der Waals surface area contributed by atoms with Crippen LogP contribution in [0.15, 0.2) is 47.5 Å². The summed E-state index contributed by atoms with van der Waals surface area (Å²) in [5, 5.41) is 1.86. The molecule has 0 spiro atoms. The zero-order valence-corrected chi connectivity index (χ0v) is 16.6. The number of carbonyl (C=O) groups excluding carboxylic acids is 2. The highest BCUT2D eigenvalue weighted by Crippen LogP contribution is 2.26. The SMILES string of the molecule is Cc1cc(C)c2nc(SCC(=O)NNC(=O)c3ccc(F)cc3)cc(C)c2c1. The van der Waals surface area contributed by atoms with E-state index in [0.29, 0.717) is 0 Å². The first-order chi connectivity index (χ1) is 13.3. The molecule has 0 saturated carbocycles. The minimum atomic E-state index is -0.510. The number of carbonyl (C=O) groups is 2. The lowest BCUT2D eigenvalue weighted by molar-refractivity contribution is -0.119. The van der Waals surface area contributed by atoms with E-state index in [-0.39, 0.29) is 17.2 Å². The molecule has 0 aliphatic rings. The van der Waals surface area contributed by atoms with Crippen molar-refractivity contribution in [2.45, 2.75) is 25.8 Å². The van der Waals surface area contributed by atoms with E-state index < -0.39 is 11.7 Å². The largest absolute Gasteiger partial charge is 0.272 e. The molecule has 2 aromatic carbocycles. The van der Waals surface area contributed by atoms with Crippen LogP contribution in [0.3, 0.4) is 0 Å². The average molecular weight is 397 g/mol. The van der Waals surface area contributed by atoms with E-state index in [4.69, 9.17) is 0 Å². The normalized spacial score (nSPS) is 10.7. The predicted molar refractivity (Wildman–Crippen MR) is 109 cm³/mol. The molecule has 3 rings (SSSR count). The van der Waals surface area contributed by atoms with E-state index in [9.17, 15) is 14.0 Å². The number of aromatic nitrogens is 1. The Labute approximate surface area is 166 Å². The van der Waals surface area contributed by atoms with E-state index in [1.807, 2.05) is 19.9 Å². The van der Waals surface area contributed by atoms with Gasteiger partial charge in [0.15, 0.2) is 0 Å². The standard InChI is InChI=1S/C21H20FN3O2S/c1-12-8-14(3)20-17(9-12)13(2)10-19(23-20)28-11-18(26)24-25-21(27)15-4-6-16(22)7-5-15/h4-10H,11H2,1-3H3,(H,24,26)(H,25,27). The molecule has 28 heavy (non-hydrogen) atoms. The summed E-state index contributed by atoms with van der Waals surface area (Å²) >= 11 is 1.30. The van der Waals surface area contributed by atoms with Crippen molar-refractivity contribution in [2.24, 2.45) is 0 Å². The molecule has 0 aliphatic carbocycles. The van der Waals surface area contributed by atoms with E-state index >= 15 is 0 Å². The van der Waals surface area contributed by atoms with Gasteiger partial charge in [-0.25, -0.2) is 9.37 Å². The zero-order chi connectivity index (χ0) is 20.3. The number of amides is 2. The molecule has 144 valence electrons. The topological polar surface area (TPSA) is 71.1 Å². The fraction of sp³-hybridized carbons (Fsp3) is 0.190. The number of halogens is 1. The molecule has 0 saturated heterocycles. The van der Waals surface area contributed by atoms with Crippen LogP contribution in [0.4, 0.5) is 4.39 Å². The molecular formula is C21H20FN3O2S. The molecule has 0 unspecified atom stereocenters. The number of rotatable bonds is 4. The maximum absolute atomic E-state index is 12.9. The summed E-state index contributed by atoms with van der Waals surface area (Å²) in [6, 6.07) is 11.2. The van der Waals surface area contributed by atoms with Crippen LogP contribution < -0.4 is 10.9 Å². The fourth-order valence-electron chi connectivity index (χ4n) is 2.86. The number of benzene rings is 2. The number of nitrogens with one attached hydrogen (secondary N) is 2. The Morgan fingerprint density at radius 2 is 1.71 bits per heavy atom. The van der Waals surface area contributed by atoms with Crippen LogP contribution >= 0.6 is 11.8 Å². The fourth-order valence-corrected chi connectivity index (χ4v) is 3.63. The van der Waals surface area contributed by atoms with Crippen LogP contribution in [0.2, 0.25) is 0 Å². The third-order valence-electron chi connectivity index (χ3n) is 4.20. The van der Waals surface area contributed by atoms with Crippen molar-refractivity contribution in [1.82, 2.24) is 15.8 Å². The van der Waals surface area contributed by atoms with Gasteiger partial charge in [-0.05, 0) is 68.3 Å². The predicted octanol–water partition coefficient (Wildman–Crippen LogP) is 3.85. The Hall–Kier alpha value is -2.93. The van der Waals surface area contributed by atoms with Crippen LogP contribution in [-0.4, -0.2) is 22.6 Å². The van der Waals surface area contributed by atoms with Gasteiger partial charge in [-0.3, -0.25) is 20.4 Å². The Morgan fingerprint density at radius 1 is 1.00 bits per heavy atom. The number of hydrogen-bond acceptors (Lipinski definition) is 4. The zero-order valence-electron chi connectivity index (χ0n) is 15.8. The molecule has 0 aliphatic heterocycles. The van der Waals surface area contributed by atoms with Gasteiger partial charge in [0.05, 0.1) is 16.3 Å². The molecule has 3 aromatic rings. The number of aryl methyl sites for hydroxylation is 3. The second-order valence-corrected chi connectivity index (χ2v) is 7.55. The lowest BCUT2D eigenvalue weighted by atomic mass is 10.0. The summed E-state index contributed by atoms with van der Waals surface area (Å²) in [5.41, 5.74) is 9.24. The number of fused-ring (bicyclic) bond motifs is 1. The first kappa shape index (κ1) is 19.8. The van der Waals surface area contributed by atoms with Crippen molar-refractivity contribution >= 4 is 34.5 Å². The van der Waals surface area contributed by atoms with Gasteiger partial charge in [0, 0.05) is 10.9 Å².